The molecule has 0 saturated heterocycles. The molecule has 2 saturated carbocycles. The van der Waals surface area contributed by atoms with Crippen molar-refractivity contribution in [2.75, 3.05) is 4.90 Å². The average molecular weight is 288 g/mol. The highest BCUT2D eigenvalue weighted by Gasteiger charge is 2.40. The maximum Gasteiger partial charge on any atom is 0.173 e. The van der Waals surface area contributed by atoms with Crippen LogP contribution in [0.2, 0.25) is 0 Å². The van der Waals surface area contributed by atoms with E-state index < -0.39 is 0 Å². The standard InChI is InChI=1S/C17H24N2S/c1-12(2)19(15-6-4-3-5-7-15)17(20)18-16-11-13-8-9-14(16)10-13/h3-7,12-14,16H,8-11H2,1-2H3,(H,18,20)/t13-,14+,16+/m1/s1. The summed E-state index contributed by atoms with van der Waals surface area (Å²) in [7, 11) is 0. The Hall–Kier alpha value is -1.09. The first-order chi connectivity index (χ1) is 9.65. The molecule has 0 radical (unpaired) electrons. The smallest absolute Gasteiger partial charge is 0.173 e. The summed E-state index contributed by atoms with van der Waals surface area (Å²) in [6.07, 6.45) is 5.54. The van der Waals surface area contributed by atoms with Crippen LogP contribution in [-0.2, 0) is 0 Å². The minimum Gasteiger partial charge on any atom is -0.359 e. The third-order valence-corrected chi connectivity index (χ3v) is 5.13. The van der Waals surface area contributed by atoms with Crippen LogP contribution < -0.4 is 10.2 Å². The SMILES string of the molecule is CC(C)N(C(=S)N[C@H]1C[C@@H]2CC[C@H]1C2)c1ccccc1. The van der Waals surface area contributed by atoms with E-state index in [1.165, 1.54) is 31.4 Å². The summed E-state index contributed by atoms with van der Waals surface area (Å²) in [6.45, 7) is 4.39. The van der Waals surface area contributed by atoms with E-state index in [9.17, 15) is 0 Å². The van der Waals surface area contributed by atoms with Crippen LogP contribution in [0.15, 0.2) is 30.3 Å². The van der Waals surface area contributed by atoms with Crippen LogP contribution in [0.25, 0.3) is 0 Å². The quantitative estimate of drug-likeness (QED) is 0.847. The van der Waals surface area contributed by atoms with E-state index >= 15 is 0 Å². The molecule has 0 aliphatic heterocycles. The minimum atomic E-state index is 0.371. The summed E-state index contributed by atoms with van der Waals surface area (Å²) >= 11 is 5.70. The van der Waals surface area contributed by atoms with Gasteiger partial charge in [0.25, 0.3) is 0 Å². The maximum atomic E-state index is 5.70. The molecule has 0 unspecified atom stereocenters. The Kier molecular flexibility index (Phi) is 3.97. The second kappa shape index (κ2) is 5.72. The van der Waals surface area contributed by atoms with Gasteiger partial charge in [-0.15, -0.1) is 0 Å². The fourth-order valence-electron chi connectivity index (χ4n) is 3.89. The predicted molar refractivity (Wildman–Crippen MR) is 89.0 cm³/mol. The van der Waals surface area contributed by atoms with Gasteiger partial charge in [0.2, 0.25) is 0 Å². The Morgan fingerprint density at radius 2 is 1.95 bits per heavy atom. The Morgan fingerprint density at radius 3 is 2.50 bits per heavy atom. The van der Waals surface area contributed by atoms with Gasteiger partial charge in [0.05, 0.1) is 0 Å². The number of para-hydroxylation sites is 1. The van der Waals surface area contributed by atoms with Gasteiger partial charge in [-0.05, 0) is 69.3 Å². The van der Waals surface area contributed by atoms with E-state index in [1.807, 2.05) is 0 Å². The molecule has 0 spiro atoms. The van der Waals surface area contributed by atoms with E-state index in [4.69, 9.17) is 12.2 Å². The Labute approximate surface area is 127 Å². The summed E-state index contributed by atoms with van der Waals surface area (Å²) in [6, 6.07) is 11.4. The second-order valence-corrected chi connectivity index (χ2v) is 6.92. The minimum absolute atomic E-state index is 0.371. The van der Waals surface area contributed by atoms with E-state index in [1.54, 1.807) is 0 Å². The van der Waals surface area contributed by atoms with E-state index in [2.05, 4.69) is 54.4 Å². The molecule has 0 heterocycles. The summed E-state index contributed by atoms with van der Waals surface area (Å²) in [4.78, 5) is 2.24. The lowest BCUT2D eigenvalue weighted by Crippen LogP contribution is -2.49. The van der Waals surface area contributed by atoms with Crippen molar-refractivity contribution in [1.29, 1.82) is 0 Å². The molecule has 0 amide bonds. The van der Waals surface area contributed by atoms with Crippen molar-refractivity contribution in [2.24, 2.45) is 11.8 Å². The topological polar surface area (TPSA) is 15.3 Å². The van der Waals surface area contributed by atoms with Crippen molar-refractivity contribution in [3.63, 3.8) is 0 Å². The molecule has 20 heavy (non-hydrogen) atoms. The molecule has 0 aromatic heterocycles. The van der Waals surface area contributed by atoms with Crippen LogP contribution in [0.3, 0.4) is 0 Å². The third-order valence-electron chi connectivity index (χ3n) is 4.82. The molecule has 2 aliphatic rings. The second-order valence-electron chi connectivity index (χ2n) is 6.53. The Bertz CT molecular complexity index is 471. The highest BCUT2D eigenvalue weighted by Crippen LogP contribution is 2.44. The van der Waals surface area contributed by atoms with Crippen LogP contribution >= 0.6 is 12.2 Å². The van der Waals surface area contributed by atoms with Gasteiger partial charge in [-0.2, -0.15) is 0 Å². The Morgan fingerprint density at radius 1 is 1.20 bits per heavy atom. The summed E-state index contributed by atoms with van der Waals surface area (Å²) in [5.41, 5.74) is 1.18. The molecular formula is C17H24N2S. The number of nitrogens with one attached hydrogen (secondary N) is 1. The zero-order chi connectivity index (χ0) is 14.1. The molecular weight excluding hydrogens is 264 g/mol. The number of fused-ring (bicyclic) bond motifs is 2. The molecule has 2 bridgehead atoms. The summed E-state index contributed by atoms with van der Waals surface area (Å²) in [5, 5.41) is 4.54. The number of thiocarbonyl (C=S) groups is 1. The van der Waals surface area contributed by atoms with Gasteiger partial charge in [0, 0.05) is 17.8 Å². The molecule has 1 aromatic rings. The van der Waals surface area contributed by atoms with Crippen LogP contribution in [0.5, 0.6) is 0 Å². The molecule has 3 heteroatoms. The van der Waals surface area contributed by atoms with Crippen molar-refractivity contribution >= 4 is 23.0 Å². The highest BCUT2D eigenvalue weighted by atomic mass is 32.1. The molecule has 1 aromatic carbocycles. The predicted octanol–water partition coefficient (Wildman–Crippen LogP) is 3.96. The first-order valence-electron chi connectivity index (χ1n) is 7.80. The molecule has 2 aliphatic carbocycles. The van der Waals surface area contributed by atoms with Gasteiger partial charge in [0.15, 0.2) is 5.11 Å². The fourth-order valence-corrected chi connectivity index (χ4v) is 4.36. The average Bonchev–Trinajstić information content (AvgIpc) is 3.02. The van der Waals surface area contributed by atoms with Gasteiger partial charge in [0.1, 0.15) is 0 Å². The van der Waals surface area contributed by atoms with Crippen molar-refractivity contribution in [3.8, 4) is 0 Å². The number of anilines is 1. The highest BCUT2D eigenvalue weighted by molar-refractivity contribution is 7.80. The number of benzene rings is 1. The van der Waals surface area contributed by atoms with Gasteiger partial charge < -0.3 is 10.2 Å². The zero-order valence-electron chi connectivity index (χ0n) is 12.4. The van der Waals surface area contributed by atoms with E-state index in [0.717, 1.165) is 16.9 Å². The van der Waals surface area contributed by atoms with Crippen molar-refractivity contribution in [2.45, 2.75) is 51.6 Å². The maximum absolute atomic E-state index is 5.70. The monoisotopic (exact) mass is 288 g/mol. The van der Waals surface area contributed by atoms with Gasteiger partial charge in [-0.3, -0.25) is 0 Å². The van der Waals surface area contributed by atoms with Crippen LogP contribution in [-0.4, -0.2) is 17.2 Å². The Balaban J connectivity index is 1.70. The third kappa shape index (κ3) is 2.69. The van der Waals surface area contributed by atoms with Gasteiger partial charge in [-0.25, -0.2) is 0 Å². The van der Waals surface area contributed by atoms with E-state index in [0.29, 0.717) is 12.1 Å². The summed E-state index contributed by atoms with van der Waals surface area (Å²) < 4.78 is 0. The van der Waals surface area contributed by atoms with Gasteiger partial charge in [-0.1, -0.05) is 24.6 Å². The lowest BCUT2D eigenvalue weighted by Gasteiger charge is -2.33. The first kappa shape index (κ1) is 13.9. The number of hydrogen-bond acceptors (Lipinski definition) is 1. The first-order valence-corrected chi connectivity index (χ1v) is 8.20. The molecule has 108 valence electrons. The van der Waals surface area contributed by atoms with Crippen LogP contribution in [0.4, 0.5) is 5.69 Å². The van der Waals surface area contributed by atoms with Crippen molar-refractivity contribution < 1.29 is 0 Å². The molecule has 3 atom stereocenters. The van der Waals surface area contributed by atoms with Crippen molar-refractivity contribution in [1.82, 2.24) is 5.32 Å². The largest absolute Gasteiger partial charge is 0.359 e. The molecule has 2 nitrogen and oxygen atoms in total. The van der Waals surface area contributed by atoms with Gasteiger partial charge >= 0.3 is 0 Å². The van der Waals surface area contributed by atoms with Crippen molar-refractivity contribution in [3.05, 3.63) is 30.3 Å². The van der Waals surface area contributed by atoms with E-state index in [-0.39, 0.29) is 0 Å². The fraction of sp³-hybridized carbons (Fsp3) is 0.588. The molecule has 2 fully saturated rings. The lowest BCUT2D eigenvalue weighted by molar-refractivity contribution is 0.390. The van der Waals surface area contributed by atoms with Crippen LogP contribution in [0.1, 0.15) is 39.5 Å². The normalized spacial score (nSPS) is 27.9. The molecule has 1 N–H and O–H groups in total. The summed E-state index contributed by atoms with van der Waals surface area (Å²) in [5.74, 6) is 1.80. The van der Waals surface area contributed by atoms with Crippen LogP contribution in [0, 0.1) is 11.8 Å². The molecule has 3 rings (SSSR count). The zero-order valence-corrected chi connectivity index (χ0v) is 13.2. The number of rotatable bonds is 3. The lowest BCUT2D eigenvalue weighted by atomic mass is 9.95. The number of nitrogens with zero attached hydrogens (tertiary/aromatic N) is 1. The number of hydrogen-bond donors (Lipinski definition) is 1.